The van der Waals surface area contributed by atoms with Crippen LogP contribution in [-0.4, -0.2) is 30.9 Å². The molecule has 78 valence electrons. The van der Waals surface area contributed by atoms with Crippen LogP contribution < -0.4 is 0 Å². The van der Waals surface area contributed by atoms with Gasteiger partial charge in [0.05, 0.1) is 5.84 Å². The Kier molecular flexibility index (Phi) is 7.76. The molecule has 0 aromatic carbocycles. The van der Waals surface area contributed by atoms with Crippen molar-refractivity contribution in [2.75, 3.05) is 20.1 Å². The summed E-state index contributed by atoms with van der Waals surface area (Å²) in [7, 11) is 2.13. The van der Waals surface area contributed by atoms with Crippen molar-refractivity contribution in [3.8, 4) is 0 Å². The first-order chi connectivity index (χ1) is 6.22. The maximum absolute atomic E-state index is 4.51. The van der Waals surface area contributed by atoms with Crippen LogP contribution in [0.1, 0.15) is 46.5 Å². The molecule has 0 atom stereocenters. The Morgan fingerprint density at radius 2 is 1.77 bits per heavy atom. The van der Waals surface area contributed by atoms with Crippen LogP contribution in [0.25, 0.3) is 0 Å². The minimum atomic E-state index is 0.985. The van der Waals surface area contributed by atoms with E-state index in [0.29, 0.717) is 0 Å². The number of nitrogens with zero attached hydrogens (tertiary/aromatic N) is 2. The number of rotatable bonds is 6. The van der Waals surface area contributed by atoms with Crippen molar-refractivity contribution in [2.24, 2.45) is 4.99 Å². The van der Waals surface area contributed by atoms with E-state index < -0.39 is 0 Å². The molecule has 0 N–H and O–H groups in total. The van der Waals surface area contributed by atoms with Gasteiger partial charge in [0.2, 0.25) is 0 Å². The lowest BCUT2D eigenvalue weighted by Crippen LogP contribution is -2.25. The molecule has 0 aliphatic rings. The van der Waals surface area contributed by atoms with Crippen molar-refractivity contribution >= 4 is 5.84 Å². The van der Waals surface area contributed by atoms with Crippen LogP contribution in [0.15, 0.2) is 4.99 Å². The quantitative estimate of drug-likeness (QED) is 0.352. The maximum atomic E-state index is 4.51. The van der Waals surface area contributed by atoms with Gasteiger partial charge in [0.1, 0.15) is 0 Å². The largest absolute Gasteiger partial charge is 0.364 e. The number of hydrogen-bond donors (Lipinski definition) is 0. The number of hydrogen-bond acceptors (Lipinski definition) is 1. The minimum absolute atomic E-state index is 0.985. The van der Waals surface area contributed by atoms with Gasteiger partial charge in [-0.25, -0.2) is 0 Å². The van der Waals surface area contributed by atoms with E-state index in [4.69, 9.17) is 0 Å². The summed E-state index contributed by atoms with van der Waals surface area (Å²) < 4.78 is 0. The highest BCUT2D eigenvalue weighted by atomic mass is 15.1. The molecule has 13 heavy (non-hydrogen) atoms. The second kappa shape index (κ2) is 8.09. The fraction of sp³-hybridized carbons (Fsp3) is 0.909. The summed E-state index contributed by atoms with van der Waals surface area (Å²) in [6, 6.07) is 0. The van der Waals surface area contributed by atoms with Crippen LogP contribution in [0, 0.1) is 0 Å². The van der Waals surface area contributed by atoms with Crippen LogP contribution >= 0.6 is 0 Å². The van der Waals surface area contributed by atoms with Crippen molar-refractivity contribution in [2.45, 2.75) is 46.5 Å². The van der Waals surface area contributed by atoms with Crippen molar-refractivity contribution in [3.05, 3.63) is 0 Å². The Bertz CT molecular complexity index is 141. The highest BCUT2D eigenvalue weighted by Crippen LogP contribution is 1.95. The smallest absolute Gasteiger partial charge is 0.0954 e. The highest BCUT2D eigenvalue weighted by molar-refractivity contribution is 5.79. The van der Waals surface area contributed by atoms with E-state index in [1.807, 2.05) is 0 Å². The van der Waals surface area contributed by atoms with Gasteiger partial charge in [-0.3, -0.25) is 4.99 Å². The van der Waals surface area contributed by atoms with Crippen LogP contribution in [-0.2, 0) is 0 Å². The summed E-state index contributed by atoms with van der Waals surface area (Å²) in [5, 5.41) is 0. The van der Waals surface area contributed by atoms with Gasteiger partial charge in [-0.05, 0) is 19.8 Å². The fourth-order valence-corrected chi connectivity index (χ4v) is 1.08. The average Bonchev–Trinajstić information content (AvgIpc) is 2.14. The summed E-state index contributed by atoms with van der Waals surface area (Å²) >= 11 is 0. The summed E-state index contributed by atoms with van der Waals surface area (Å²) in [5.41, 5.74) is 0. The first-order valence-corrected chi connectivity index (χ1v) is 5.44. The van der Waals surface area contributed by atoms with Crippen LogP contribution in [0.2, 0.25) is 0 Å². The molecule has 2 nitrogen and oxygen atoms in total. The monoisotopic (exact) mass is 184 g/mol. The van der Waals surface area contributed by atoms with Gasteiger partial charge in [0.15, 0.2) is 0 Å². The van der Waals surface area contributed by atoms with E-state index in [9.17, 15) is 0 Å². The second-order valence-corrected chi connectivity index (χ2v) is 3.56. The topological polar surface area (TPSA) is 15.6 Å². The second-order valence-electron chi connectivity index (χ2n) is 3.56. The molecule has 0 fully saturated rings. The van der Waals surface area contributed by atoms with E-state index in [0.717, 1.165) is 13.1 Å². The molecule has 2 heteroatoms. The third-order valence-corrected chi connectivity index (χ3v) is 2.25. The molecule has 0 rings (SSSR count). The van der Waals surface area contributed by atoms with Crippen molar-refractivity contribution in [1.82, 2.24) is 4.90 Å². The predicted molar refractivity (Wildman–Crippen MR) is 60.4 cm³/mol. The molecule has 0 aromatic rings. The zero-order valence-corrected chi connectivity index (χ0v) is 9.64. The normalized spacial score (nSPS) is 11.8. The van der Waals surface area contributed by atoms with Gasteiger partial charge in [0, 0.05) is 20.1 Å². The van der Waals surface area contributed by atoms with Gasteiger partial charge in [0.25, 0.3) is 0 Å². The van der Waals surface area contributed by atoms with Crippen molar-refractivity contribution in [3.63, 3.8) is 0 Å². The lowest BCUT2D eigenvalue weighted by atomic mass is 10.3. The van der Waals surface area contributed by atoms with Crippen LogP contribution in [0.5, 0.6) is 0 Å². The first-order valence-electron chi connectivity index (χ1n) is 5.44. The molecule has 0 aliphatic carbocycles. The summed E-state index contributed by atoms with van der Waals surface area (Å²) in [6.45, 7) is 8.64. The molecule has 0 radical (unpaired) electrons. The molecule has 0 unspecified atom stereocenters. The number of unbranched alkanes of at least 4 members (excludes halogenated alkanes) is 2. The lowest BCUT2D eigenvalue weighted by molar-refractivity contribution is 0.479. The molecule has 0 saturated heterocycles. The maximum Gasteiger partial charge on any atom is 0.0954 e. The molecular weight excluding hydrogens is 160 g/mol. The third kappa shape index (κ3) is 6.62. The van der Waals surface area contributed by atoms with E-state index in [1.165, 1.54) is 31.5 Å². The molecule has 0 amide bonds. The Morgan fingerprint density at radius 3 is 2.31 bits per heavy atom. The minimum Gasteiger partial charge on any atom is -0.364 e. The summed E-state index contributed by atoms with van der Waals surface area (Å²) in [6.07, 6.45) is 4.96. The van der Waals surface area contributed by atoms with Crippen LogP contribution in [0.4, 0.5) is 0 Å². The van der Waals surface area contributed by atoms with E-state index in [1.54, 1.807) is 0 Å². The zero-order chi connectivity index (χ0) is 10.1. The molecule has 0 aliphatic heterocycles. The van der Waals surface area contributed by atoms with Crippen molar-refractivity contribution < 1.29 is 0 Å². The van der Waals surface area contributed by atoms with Gasteiger partial charge < -0.3 is 4.90 Å². The molecule has 0 spiro atoms. The van der Waals surface area contributed by atoms with E-state index >= 15 is 0 Å². The standard InChI is InChI=1S/C11H24N2/c1-5-7-9-12-11(3)13(4)10-8-6-2/h5-10H2,1-4H3/b12-11+. The number of amidine groups is 1. The average molecular weight is 184 g/mol. The Labute approximate surface area is 83.0 Å². The number of aliphatic imine (C=N–C) groups is 1. The molecular formula is C11H24N2. The van der Waals surface area contributed by atoms with Gasteiger partial charge in [-0.1, -0.05) is 26.7 Å². The Hall–Kier alpha value is -0.530. The molecule has 0 bridgehead atoms. The van der Waals surface area contributed by atoms with Gasteiger partial charge in [-0.2, -0.15) is 0 Å². The van der Waals surface area contributed by atoms with Gasteiger partial charge >= 0.3 is 0 Å². The lowest BCUT2D eigenvalue weighted by Gasteiger charge is -2.18. The molecule has 0 aromatic heterocycles. The Balaban J connectivity index is 3.65. The first kappa shape index (κ1) is 12.5. The third-order valence-electron chi connectivity index (χ3n) is 2.25. The van der Waals surface area contributed by atoms with Crippen molar-refractivity contribution in [1.29, 1.82) is 0 Å². The highest BCUT2D eigenvalue weighted by Gasteiger charge is 1.97. The SMILES string of the molecule is CCCC/N=C(\C)N(C)CCCC. The van der Waals surface area contributed by atoms with E-state index in [-0.39, 0.29) is 0 Å². The molecule has 0 heterocycles. The van der Waals surface area contributed by atoms with Gasteiger partial charge in [-0.15, -0.1) is 0 Å². The predicted octanol–water partition coefficient (Wildman–Crippen LogP) is 2.94. The zero-order valence-electron chi connectivity index (χ0n) is 9.64. The molecule has 0 saturated carbocycles. The Morgan fingerprint density at radius 1 is 1.15 bits per heavy atom. The van der Waals surface area contributed by atoms with Crippen LogP contribution in [0.3, 0.4) is 0 Å². The van der Waals surface area contributed by atoms with E-state index in [2.05, 4.69) is 37.7 Å². The fourth-order valence-electron chi connectivity index (χ4n) is 1.08. The summed E-state index contributed by atoms with van der Waals surface area (Å²) in [4.78, 5) is 6.76. The summed E-state index contributed by atoms with van der Waals surface area (Å²) in [5.74, 6) is 1.18.